The number of fused-ring (bicyclic) bond motifs is 1. The molecule has 7 heteroatoms. The molecule has 0 aliphatic rings. The lowest BCUT2D eigenvalue weighted by Crippen LogP contribution is -2.27. The molecular weight excluding hydrogens is 296 g/mol. The van der Waals surface area contributed by atoms with Crippen molar-refractivity contribution in [3.8, 4) is 0 Å². The fourth-order valence-electron chi connectivity index (χ4n) is 1.85. The van der Waals surface area contributed by atoms with E-state index >= 15 is 0 Å². The molecule has 0 atom stereocenters. The van der Waals surface area contributed by atoms with Crippen molar-refractivity contribution in [2.24, 2.45) is 0 Å². The van der Waals surface area contributed by atoms with E-state index in [1.54, 1.807) is 6.92 Å². The minimum atomic E-state index is -0.419. The Hall–Kier alpha value is -1.34. The second-order valence-corrected chi connectivity index (χ2v) is 5.97. The van der Waals surface area contributed by atoms with E-state index in [0.29, 0.717) is 17.1 Å². The summed E-state index contributed by atoms with van der Waals surface area (Å²) in [5, 5.41) is 1.12. The molecule has 0 fully saturated rings. The molecule has 2 rings (SSSR count). The summed E-state index contributed by atoms with van der Waals surface area (Å²) in [6, 6.07) is 1.86. The molecule has 2 aromatic heterocycles. The maximum atomic E-state index is 12.5. The molecule has 0 saturated carbocycles. The lowest BCUT2D eigenvalue weighted by molar-refractivity contribution is -0.144. The van der Waals surface area contributed by atoms with Gasteiger partial charge in [0.2, 0.25) is 0 Å². The maximum Gasteiger partial charge on any atom is 0.326 e. The number of aromatic nitrogens is 2. The number of carbonyl (C=O) groups excluding carboxylic acids is 1. The van der Waals surface area contributed by atoms with Crippen molar-refractivity contribution >= 4 is 39.3 Å². The molecule has 0 saturated heterocycles. The number of esters is 1. The van der Waals surface area contributed by atoms with Gasteiger partial charge in [0.1, 0.15) is 11.4 Å². The van der Waals surface area contributed by atoms with Gasteiger partial charge in [-0.05, 0) is 25.7 Å². The van der Waals surface area contributed by atoms with Crippen molar-refractivity contribution < 1.29 is 9.53 Å². The molecule has 0 bridgehead atoms. The highest BCUT2D eigenvalue weighted by Gasteiger charge is 2.15. The van der Waals surface area contributed by atoms with Gasteiger partial charge in [0, 0.05) is 4.88 Å². The van der Waals surface area contributed by atoms with Crippen molar-refractivity contribution in [2.45, 2.75) is 32.0 Å². The van der Waals surface area contributed by atoms with Gasteiger partial charge in [0.15, 0.2) is 5.16 Å². The molecule has 108 valence electrons. The summed E-state index contributed by atoms with van der Waals surface area (Å²) in [7, 11) is 0. The highest BCUT2D eigenvalue weighted by molar-refractivity contribution is 7.98. The summed E-state index contributed by atoms with van der Waals surface area (Å²) in [4.78, 5) is 30.4. The Labute approximate surface area is 125 Å². The first-order chi connectivity index (χ1) is 9.60. The van der Waals surface area contributed by atoms with Gasteiger partial charge in [0.05, 0.1) is 12.0 Å². The van der Waals surface area contributed by atoms with Crippen LogP contribution in [0.1, 0.15) is 18.7 Å². The van der Waals surface area contributed by atoms with Gasteiger partial charge in [-0.1, -0.05) is 18.7 Å². The summed E-state index contributed by atoms with van der Waals surface area (Å²) < 4.78 is 6.29. The number of ether oxygens (including phenoxy) is 1. The SMILES string of the molecule is CCOC(=O)Cn1c(SC)nc2sc(CC)cc2c1=O. The van der Waals surface area contributed by atoms with Crippen LogP contribution in [0.4, 0.5) is 0 Å². The van der Waals surface area contributed by atoms with Crippen molar-refractivity contribution in [2.75, 3.05) is 12.9 Å². The third-order valence-corrected chi connectivity index (χ3v) is 4.64. The Bertz CT molecular complexity index is 691. The van der Waals surface area contributed by atoms with Crippen molar-refractivity contribution in [3.05, 3.63) is 21.3 Å². The highest BCUT2D eigenvalue weighted by Crippen LogP contribution is 2.24. The number of thiophene rings is 1. The average molecular weight is 312 g/mol. The predicted molar refractivity (Wildman–Crippen MR) is 81.7 cm³/mol. The van der Waals surface area contributed by atoms with Gasteiger partial charge in [-0.15, -0.1) is 11.3 Å². The van der Waals surface area contributed by atoms with Crippen LogP contribution in [0.5, 0.6) is 0 Å². The molecule has 5 nitrogen and oxygen atoms in total. The Morgan fingerprint density at radius 3 is 2.85 bits per heavy atom. The topological polar surface area (TPSA) is 61.2 Å². The van der Waals surface area contributed by atoms with Gasteiger partial charge in [0.25, 0.3) is 5.56 Å². The Kier molecular flexibility index (Phi) is 4.82. The molecule has 0 spiro atoms. The minimum absolute atomic E-state index is 0.0942. The van der Waals surface area contributed by atoms with Gasteiger partial charge >= 0.3 is 5.97 Å². The highest BCUT2D eigenvalue weighted by atomic mass is 32.2. The molecule has 2 heterocycles. The number of hydrogen-bond donors (Lipinski definition) is 0. The van der Waals surface area contributed by atoms with Crippen LogP contribution in [0.2, 0.25) is 0 Å². The zero-order valence-corrected chi connectivity index (χ0v) is 13.3. The quantitative estimate of drug-likeness (QED) is 0.482. The third kappa shape index (κ3) is 2.88. The molecule has 0 amide bonds. The first kappa shape index (κ1) is 15.1. The predicted octanol–water partition coefficient (Wildman–Crippen LogP) is 2.31. The molecule has 20 heavy (non-hydrogen) atoms. The maximum absolute atomic E-state index is 12.5. The molecule has 0 unspecified atom stereocenters. The van der Waals surface area contributed by atoms with Gasteiger partial charge in [-0.25, -0.2) is 4.98 Å². The van der Waals surface area contributed by atoms with Crippen molar-refractivity contribution in [3.63, 3.8) is 0 Å². The van der Waals surface area contributed by atoms with Crippen molar-refractivity contribution in [1.29, 1.82) is 0 Å². The second kappa shape index (κ2) is 6.41. The normalized spacial score (nSPS) is 10.9. The zero-order valence-electron chi connectivity index (χ0n) is 11.6. The van der Waals surface area contributed by atoms with Gasteiger partial charge < -0.3 is 4.74 Å². The third-order valence-electron chi connectivity index (χ3n) is 2.79. The van der Waals surface area contributed by atoms with Crippen LogP contribution in [0.15, 0.2) is 16.0 Å². The van der Waals surface area contributed by atoms with E-state index in [1.807, 2.05) is 19.2 Å². The summed E-state index contributed by atoms with van der Waals surface area (Å²) >= 11 is 2.88. The summed E-state index contributed by atoms with van der Waals surface area (Å²) in [5.41, 5.74) is -0.177. The van der Waals surface area contributed by atoms with Gasteiger partial charge in [-0.2, -0.15) is 0 Å². The van der Waals surface area contributed by atoms with E-state index in [4.69, 9.17) is 4.74 Å². The lowest BCUT2D eigenvalue weighted by Gasteiger charge is -2.09. The van der Waals surface area contributed by atoms with Gasteiger partial charge in [-0.3, -0.25) is 14.2 Å². The molecule has 0 N–H and O–H groups in total. The largest absolute Gasteiger partial charge is 0.465 e. The van der Waals surface area contributed by atoms with Crippen LogP contribution < -0.4 is 5.56 Å². The molecule has 0 aliphatic carbocycles. The minimum Gasteiger partial charge on any atom is -0.465 e. The molecule has 2 aromatic rings. The lowest BCUT2D eigenvalue weighted by atomic mass is 10.3. The Balaban J connectivity index is 2.54. The molecule has 0 aliphatic heterocycles. The van der Waals surface area contributed by atoms with Crippen LogP contribution in [0, 0.1) is 0 Å². The first-order valence-corrected chi connectivity index (χ1v) is 8.37. The van der Waals surface area contributed by atoms with E-state index < -0.39 is 5.97 Å². The zero-order chi connectivity index (χ0) is 14.7. The number of aryl methyl sites for hydroxylation is 1. The molecular formula is C13H16N2O3S2. The number of hydrogen-bond acceptors (Lipinski definition) is 6. The summed E-state index contributed by atoms with van der Waals surface area (Å²) in [5.74, 6) is -0.419. The number of nitrogens with zero attached hydrogens (tertiary/aromatic N) is 2. The van der Waals surface area contributed by atoms with Crippen LogP contribution >= 0.6 is 23.1 Å². The van der Waals surface area contributed by atoms with E-state index in [9.17, 15) is 9.59 Å². The van der Waals surface area contributed by atoms with Crippen LogP contribution in [-0.2, 0) is 22.5 Å². The van der Waals surface area contributed by atoms with E-state index in [2.05, 4.69) is 4.98 Å². The molecule has 0 aromatic carbocycles. The van der Waals surface area contributed by atoms with E-state index in [1.165, 1.54) is 27.7 Å². The fraction of sp³-hybridized carbons (Fsp3) is 0.462. The van der Waals surface area contributed by atoms with Crippen LogP contribution in [0.25, 0.3) is 10.2 Å². The van der Waals surface area contributed by atoms with E-state index in [0.717, 1.165) is 16.1 Å². The summed E-state index contributed by atoms with van der Waals surface area (Å²) in [6.45, 7) is 3.99. The first-order valence-electron chi connectivity index (χ1n) is 6.33. The number of carbonyl (C=O) groups is 1. The van der Waals surface area contributed by atoms with Crippen molar-refractivity contribution in [1.82, 2.24) is 9.55 Å². The number of thioether (sulfide) groups is 1. The Morgan fingerprint density at radius 1 is 1.50 bits per heavy atom. The van der Waals surface area contributed by atoms with Crippen LogP contribution in [0.3, 0.4) is 0 Å². The Morgan fingerprint density at radius 2 is 2.25 bits per heavy atom. The average Bonchev–Trinajstić information content (AvgIpc) is 2.85. The second-order valence-electron chi connectivity index (χ2n) is 4.08. The van der Waals surface area contributed by atoms with E-state index in [-0.39, 0.29) is 12.1 Å². The monoisotopic (exact) mass is 312 g/mol. The smallest absolute Gasteiger partial charge is 0.326 e. The summed E-state index contributed by atoms with van der Waals surface area (Å²) in [6.07, 6.45) is 2.70. The standard InChI is InChI=1S/C13H16N2O3S2/c1-4-8-6-9-11(20-8)14-13(19-3)15(12(9)17)7-10(16)18-5-2/h6H,4-5,7H2,1-3H3. The molecule has 0 radical (unpaired) electrons. The fourth-order valence-corrected chi connectivity index (χ4v) is 3.42. The van der Waals surface area contributed by atoms with Crippen LogP contribution in [-0.4, -0.2) is 28.4 Å². The number of rotatable bonds is 5.